The van der Waals surface area contributed by atoms with Crippen LogP contribution in [-0.2, 0) is 25.9 Å². The number of hydrogen-bond donors (Lipinski definition) is 1. The van der Waals surface area contributed by atoms with E-state index in [4.69, 9.17) is 9.47 Å². The van der Waals surface area contributed by atoms with Crippen molar-refractivity contribution in [2.75, 3.05) is 19.0 Å². The number of nitrogens with one attached hydrogen (secondary N) is 1. The molecule has 1 atom stereocenters. The fourth-order valence-electron chi connectivity index (χ4n) is 2.44. The number of amides is 1. The van der Waals surface area contributed by atoms with Crippen LogP contribution in [0.2, 0.25) is 0 Å². The minimum absolute atomic E-state index is 0.0405. The van der Waals surface area contributed by atoms with Crippen molar-refractivity contribution in [2.45, 2.75) is 31.4 Å². The second-order valence-corrected chi connectivity index (χ2v) is 8.17. The SMILES string of the molecule is CCOC[C@H](NC(=O)OCc1ccccc1)c1ccc(S(=O)(=O)CC)cc1. The molecule has 1 amide bonds. The lowest BCUT2D eigenvalue weighted by atomic mass is 10.1. The molecule has 1 N–H and O–H groups in total. The molecule has 0 fully saturated rings. The molecular weight excluding hydrogens is 366 g/mol. The molecule has 2 rings (SSSR count). The van der Waals surface area contributed by atoms with Gasteiger partial charge in [0.05, 0.1) is 23.3 Å². The number of ether oxygens (including phenoxy) is 2. The summed E-state index contributed by atoms with van der Waals surface area (Å²) in [6, 6.07) is 15.4. The van der Waals surface area contributed by atoms with Gasteiger partial charge in [0.25, 0.3) is 0 Å². The highest BCUT2D eigenvalue weighted by Crippen LogP contribution is 2.18. The van der Waals surface area contributed by atoms with Gasteiger partial charge >= 0.3 is 6.09 Å². The summed E-state index contributed by atoms with van der Waals surface area (Å²) in [6.45, 7) is 4.39. The zero-order valence-electron chi connectivity index (χ0n) is 15.6. The van der Waals surface area contributed by atoms with Crippen LogP contribution in [0.25, 0.3) is 0 Å². The van der Waals surface area contributed by atoms with Gasteiger partial charge in [-0.3, -0.25) is 0 Å². The van der Waals surface area contributed by atoms with Gasteiger partial charge in [0.1, 0.15) is 6.61 Å². The zero-order valence-corrected chi connectivity index (χ0v) is 16.4. The van der Waals surface area contributed by atoms with Crippen LogP contribution < -0.4 is 5.32 Å². The van der Waals surface area contributed by atoms with Crippen LogP contribution in [0.5, 0.6) is 0 Å². The van der Waals surface area contributed by atoms with E-state index < -0.39 is 22.0 Å². The van der Waals surface area contributed by atoms with E-state index >= 15 is 0 Å². The highest BCUT2D eigenvalue weighted by atomic mass is 32.2. The first-order valence-electron chi connectivity index (χ1n) is 8.84. The van der Waals surface area contributed by atoms with E-state index in [0.717, 1.165) is 11.1 Å². The topological polar surface area (TPSA) is 81.7 Å². The number of rotatable bonds is 9. The maximum absolute atomic E-state index is 12.2. The molecule has 2 aromatic rings. The molecule has 0 radical (unpaired) electrons. The maximum Gasteiger partial charge on any atom is 0.408 e. The lowest BCUT2D eigenvalue weighted by molar-refractivity contribution is 0.104. The van der Waals surface area contributed by atoms with Crippen LogP contribution in [0.4, 0.5) is 4.79 Å². The Hall–Kier alpha value is -2.38. The summed E-state index contributed by atoms with van der Waals surface area (Å²) >= 11 is 0. The molecule has 6 nitrogen and oxygen atoms in total. The fraction of sp³-hybridized carbons (Fsp3) is 0.350. The Morgan fingerprint density at radius 1 is 1.04 bits per heavy atom. The summed E-state index contributed by atoms with van der Waals surface area (Å²) in [4.78, 5) is 12.4. The number of carbonyl (C=O) groups is 1. The van der Waals surface area contributed by atoms with Crippen molar-refractivity contribution in [3.05, 3.63) is 65.7 Å². The molecule has 0 aliphatic carbocycles. The first kappa shape index (κ1) is 20.9. The van der Waals surface area contributed by atoms with Crippen LogP contribution in [0.15, 0.2) is 59.5 Å². The maximum atomic E-state index is 12.2. The van der Waals surface area contributed by atoms with E-state index in [2.05, 4.69) is 5.32 Å². The average Bonchev–Trinajstić information content (AvgIpc) is 2.70. The van der Waals surface area contributed by atoms with Gasteiger partial charge in [0.15, 0.2) is 9.84 Å². The molecule has 0 spiro atoms. The third-order valence-electron chi connectivity index (χ3n) is 4.02. The lowest BCUT2D eigenvalue weighted by Crippen LogP contribution is -2.32. The second-order valence-electron chi connectivity index (χ2n) is 5.89. The van der Waals surface area contributed by atoms with Gasteiger partial charge in [-0.25, -0.2) is 13.2 Å². The quantitative estimate of drug-likeness (QED) is 0.708. The lowest BCUT2D eigenvalue weighted by Gasteiger charge is -2.19. The minimum atomic E-state index is -3.26. The van der Waals surface area contributed by atoms with Gasteiger partial charge < -0.3 is 14.8 Å². The van der Waals surface area contributed by atoms with Crippen molar-refractivity contribution in [3.8, 4) is 0 Å². The van der Waals surface area contributed by atoms with E-state index in [-0.39, 0.29) is 23.9 Å². The van der Waals surface area contributed by atoms with Crippen molar-refractivity contribution in [1.82, 2.24) is 5.32 Å². The summed E-state index contributed by atoms with van der Waals surface area (Å²) in [5, 5.41) is 2.77. The Morgan fingerprint density at radius 3 is 2.30 bits per heavy atom. The molecule has 27 heavy (non-hydrogen) atoms. The highest BCUT2D eigenvalue weighted by Gasteiger charge is 2.18. The van der Waals surface area contributed by atoms with Crippen LogP contribution in [-0.4, -0.2) is 33.5 Å². The summed E-state index contributed by atoms with van der Waals surface area (Å²) in [7, 11) is -3.26. The number of carbonyl (C=O) groups excluding carboxylic acids is 1. The van der Waals surface area contributed by atoms with Gasteiger partial charge in [0.2, 0.25) is 0 Å². The Kier molecular flexibility index (Phi) is 7.82. The first-order valence-corrected chi connectivity index (χ1v) is 10.5. The van der Waals surface area contributed by atoms with Crippen LogP contribution in [0.3, 0.4) is 0 Å². The molecule has 0 aliphatic heterocycles. The predicted molar refractivity (Wildman–Crippen MR) is 103 cm³/mol. The molecule has 0 aromatic heterocycles. The van der Waals surface area contributed by atoms with Crippen LogP contribution in [0, 0.1) is 0 Å². The highest BCUT2D eigenvalue weighted by molar-refractivity contribution is 7.91. The minimum Gasteiger partial charge on any atom is -0.445 e. The molecule has 0 unspecified atom stereocenters. The largest absolute Gasteiger partial charge is 0.445 e. The van der Waals surface area contributed by atoms with E-state index in [1.807, 2.05) is 37.3 Å². The van der Waals surface area contributed by atoms with Gasteiger partial charge in [-0.05, 0) is 30.2 Å². The van der Waals surface area contributed by atoms with E-state index in [9.17, 15) is 13.2 Å². The Bertz CT molecular complexity index is 819. The van der Waals surface area contributed by atoms with Crippen molar-refractivity contribution in [2.24, 2.45) is 0 Å². The van der Waals surface area contributed by atoms with Gasteiger partial charge in [-0.1, -0.05) is 49.4 Å². The molecule has 0 heterocycles. The smallest absolute Gasteiger partial charge is 0.408 e. The van der Waals surface area contributed by atoms with E-state index in [0.29, 0.717) is 6.61 Å². The normalized spacial score (nSPS) is 12.4. The van der Waals surface area contributed by atoms with E-state index in [1.54, 1.807) is 31.2 Å². The summed E-state index contributed by atoms with van der Waals surface area (Å²) in [5.41, 5.74) is 1.64. The molecule has 0 aliphatic rings. The van der Waals surface area contributed by atoms with Gasteiger partial charge in [-0.2, -0.15) is 0 Å². The molecule has 2 aromatic carbocycles. The molecule has 0 saturated heterocycles. The van der Waals surface area contributed by atoms with E-state index in [1.165, 1.54) is 0 Å². The molecular formula is C20H25NO5S. The summed E-state index contributed by atoms with van der Waals surface area (Å²) in [5.74, 6) is 0.0405. The van der Waals surface area contributed by atoms with Gasteiger partial charge in [0, 0.05) is 6.61 Å². The number of benzene rings is 2. The Labute approximate surface area is 160 Å². The third-order valence-corrected chi connectivity index (χ3v) is 5.77. The number of sulfone groups is 1. The van der Waals surface area contributed by atoms with Crippen LogP contribution in [0.1, 0.15) is 31.0 Å². The third kappa shape index (κ3) is 6.37. The zero-order chi connectivity index (χ0) is 19.7. The van der Waals surface area contributed by atoms with Gasteiger partial charge in [-0.15, -0.1) is 0 Å². The molecule has 0 bridgehead atoms. The van der Waals surface area contributed by atoms with Crippen molar-refractivity contribution in [3.63, 3.8) is 0 Å². The number of alkyl carbamates (subject to hydrolysis) is 1. The van der Waals surface area contributed by atoms with Crippen molar-refractivity contribution < 1.29 is 22.7 Å². The fourth-order valence-corrected chi connectivity index (χ4v) is 3.32. The molecule has 146 valence electrons. The molecule has 7 heteroatoms. The average molecular weight is 391 g/mol. The molecule has 0 saturated carbocycles. The van der Waals surface area contributed by atoms with Crippen molar-refractivity contribution >= 4 is 15.9 Å². The van der Waals surface area contributed by atoms with Crippen LogP contribution >= 0.6 is 0 Å². The monoisotopic (exact) mass is 391 g/mol. The van der Waals surface area contributed by atoms with Crippen molar-refractivity contribution in [1.29, 1.82) is 0 Å². The summed E-state index contributed by atoms with van der Waals surface area (Å²) < 4.78 is 34.6. The summed E-state index contributed by atoms with van der Waals surface area (Å²) in [6.07, 6.45) is -0.561. The Morgan fingerprint density at radius 2 is 1.70 bits per heavy atom. The Balaban J connectivity index is 2.04. The number of hydrogen-bond acceptors (Lipinski definition) is 5. The second kappa shape index (κ2) is 10.1. The standard InChI is InChI=1S/C20H25NO5S/c1-3-25-15-19(17-10-12-18(13-11-17)27(23,24)4-2)21-20(22)26-14-16-8-6-5-7-9-16/h5-13,19H,3-4,14-15H2,1-2H3,(H,21,22)/t19-/m0/s1. The first-order chi connectivity index (χ1) is 13.0. The predicted octanol–water partition coefficient (Wildman–Crippen LogP) is 3.48.